The Hall–Kier alpha value is -1.88. The zero-order valence-electron chi connectivity index (χ0n) is 10.3. The topological polar surface area (TPSA) is 46.1 Å². The van der Waals surface area contributed by atoms with Gasteiger partial charge in [-0.25, -0.2) is 9.97 Å². The molecule has 2 aliphatic rings. The number of thioether (sulfide) groups is 1. The second-order valence-corrected chi connectivity index (χ2v) is 5.47. The lowest BCUT2D eigenvalue weighted by atomic mass is 10.2. The summed E-state index contributed by atoms with van der Waals surface area (Å²) in [4.78, 5) is 20.5. The first-order valence-electron chi connectivity index (χ1n) is 6.09. The van der Waals surface area contributed by atoms with Crippen LogP contribution in [0, 0.1) is 0 Å². The molecule has 1 fully saturated rings. The number of rotatable bonds is 0. The van der Waals surface area contributed by atoms with Crippen LogP contribution in [0.15, 0.2) is 49.1 Å². The fourth-order valence-corrected chi connectivity index (χ4v) is 2.99. The fourth-order valence-electron chi connectivity index (χ4n) is 1.97. The van der Waals surface area contributed by atoms with Crippen LogP contribution in [0.5, 0.6) is 0 Å². The Labute approximate surface area is 115 Å². The number of amides is 1. The smallest absolute Gasteiger partial charge is 0.230 e. The number of fused-ring (bicyclic) bond motifs is 2. The van der Waals surface area contributed by atoms with Gasteiger partial charge in [-0.15, -0.1) is 11.8 Å². The van der Waals surface area contributed by atoms with Crippen LogP contribution in [-0.4, -0.2) is 31.9 Å². The molecular formula is C14H13N3OS. The molecule has 4 nitrogen and oxygen atoms in total. The van der Waals surface area contributed by atoms with Crippen molar-refractivity contribution >= 4 is 28.6 Å². The quantitative estimate of drug-likeness (QED) is 0.690. The van der Waals surface area contributed by atoms with Crippen LogP contribution in [0.1, 0.15) is 6.42 Å². The van der Waals surface area contributed by atoms with E-state index in [0.717, 1.165) is 23.1 Å². The second kappa shape index (κ2) is 5.40. The van der Waals surface area contributed by atoms with Gasteiger partial charge in [0.15, 0.2) is 0 Å². The molecule has 0 N–H and O–H groups in total. The van der Waals surface area contributed by atoms with E-state index in [1.54, 1.807) is 11.2 Å². The number of nitrogens with zero attached hydrogens (tertiary/aromatic N) is 3. The maximum atomic E-state index is 10.7. The van der Waals surface area contributed by atoms with E-state index in [2.05, 4.69) is 9.97 Å². The molecule has 96 valence electrons. The van der Waals surface area contributed by atoms with Crippen LogP contribution in [-0.2, 0) is 4.79 Å². The summed E-state index contributed by atoms with van der Waals surface area (Å²) < 4.78 is 0. The molecule has 0 bridgehead atoms. The highest BCUT2D eigenvalue weighted by Crippen LogP contribution is 2.32. The van der Waals surface area contributed by atoms with Crippen molar-refractivity contribution in [2.24, 2.45) is 0 Å². The van der Waals surface area contributed by atoms with Gasteiger partial charge in [0.1, 0.15) is 6.33 Å². The second-order valence-electron chi connectivity index (χ2n) is 4.26. The van der Waals surface area contributed by atoms with Gasteiger partial charge >= 0.3 is 0 Å². The highest BCUT2D eigenvalue weighted by Gasteiger charge is 2.35. The Morgan fingerprint density at radius 3 is 2.95 bits per heavy atom. The van der Waals surface area contributed by atoms with Gasteiger partial charge in [-0.05, 0) is 6.07 Å². The van der Waals surface area contributed by atoms with Crippen LogP contribution < -0.4 is 0 Å². The average molecular weight is 271 g/mol. The van der Waals surface area contributed by atoms with Crippen molar-refractivity contribution in [3.63, 3.8) is 0 Å². The van der Waals surface area contributed by atoms with E-state index in [1.165, 1.54) is 0 Å². The Kier molecular flexibility index (Phi) is 3.46. The van der Waals surface area contributed by atoms with Crippen molar-refractivity contribution in [3.05, 3.63) is 49.1 Å². The molecule has 2 aliphatic heterocycles. The maximum absolute atomic E-state index is 10.7. The summed E-state index contributed by atoms with van der Waals surface area (Å²) in [6.07, 6.45) is 8.03. The van der Waals surface area contributed by atoms with Gasteiger partial charge < -0.3 is 4.90 Å². The molecule has 1 amide bonds. The zero-order valence-corrected chi connectivity index (χ0v) is 11.1. The largest absolute Gasteiger partial charge is 0.306 e. The number of carbonyl (C=O) groups excluding carboxylic acids is 1. The summed E-state index contributed by atoms with van der Waals surface area (Å²) in [7, 11) is 0. The molecule has 0 saturated carbocycles. The molecule has 3 heterocycles. The highest BCUT2D eigenvalue weighted by atomic mass is 32.2. The zero-order chi connectivity index (χ0) is 13.1. The predicted octanol–water partition coefficient (Wildman–Crippen LogP) is 2.44. The van der Waals surface area contributed by atoms with Crippen molar-refractivity contribution < 1.29 is 4.79 Å². The molecule has 4 rings (SSSR count). The number of carbonyl (C=O) groups is 1. The van der Waals surface area contributed by atoms with E-state index in [0.29, 0.717) is 5.37 Å². The van der Waals surface area contributed by atoms with Crippen LogP contribution in [0.4, 0.5) is 0 Å². The molecule has 0 radical (unpaired) electrons. The molecule has 1 aromatic carbocycles. The van der Waals surface area contributed by atoms with Gasteiger partial charge in [0.05, 0.1) is 17.3 Å². The Morgan fingerprint density at radius 1 is 1.32 bits per heavy atom. The molecular weight excluding hydrogens is 258 g/mol. The van der Waals surface area contributed by atoms with Crippen LogP contribution >= 0.6 is 11.8 Å². The molecule has 0 aliphatic carbocycles. The summed E-state index contributed by atoms with van der Waals surface area (Å²) in [5, 5.41) is 1.56. The van der Waals surface area contributed by atoms with E-state index in [1.807, 2.05) is 54.5 Å². The molecule has 0 spiro atoms. The fraction of sp³-hybridized carbons (Fsp3) is 0.214. The Balaban J connectivity index is 0.000000117. The van der Waals surface area contributed by atoms with E-state index in [9.17, 15) is 4.79 Å². The first kappa shape index (κ1) is 12.2. The van der Waals surface area contributed by atoms with Gasteiger partial charge in [-0.3, -0.25) is 4.79 Å². The molecule has 1 aromatic heterocycles. The molecule has 0 unspecified atom stereocenters. The van der Waals surface area contributed by atoms with E-state index in [-0.39, 0.29) is 5.91 Å². The molecule has 1 atom stereocenters. The van der Waals surface area contributed by atoms with Crippen molar-refractivity contribution in [3.8, 4) is 0 Å². The first-order chi connectivity index (χ1) is 9.34. The van der Waals surface area contributed by atoms with Gasteiger partial charge in [-0.2, -0.15) is 0 Å². The third kappa shape index (κ3) is 2.61. The summed E-state index contributed by atoms with van der Waals surface area (Å²) in [5.41, 5.74) is 0.998. The summed E-state index contributed by atoms with van der Waals surface area (Å²) in [6, 6.07) is 7.91. The van der Waals surface area contributed by atoms with Crippen LogP contribution in [0.2, 0.25) is 0 Å². The van der Waals surface area contributed by atoms with E-state index in [4.69, 9.17) is 0 Å². The number of hydrogen-bond acceptors (Lipinski definition) is 4. The van der Waals surface area contributed by atoms with E-state index < -0.39 is 0 Å². The van der Waals surface area contributed by atoms with Crippen molar-refractivity contribution in [1.82, 2.24) is 14.9 Å². The van der Waals surface area contributed by atoms with Crippen molar-refractivity contribution in [1.29, 1.82) is 0 Å². The summed E-state index contributed by atoms with van der Waals surface area (Å²) in [6.45, 7) is 0. The number of para-hydroxylation sites is 1. The minimum atomic E-state index is 0.267. The van der Waals surface area contributed by atoms with Gasteiger partial charge in [-0.1, -0.05) is 24.3 Å². The third-order valence-electron chi connectivity index (χ3n) is 3.01. The van der Waals surface area contributed by atoms with Crippen molar-refractivity contribution in [2.45, 2.75) is 11.8 Å². The number of β-lactam (4-membered cyclic amide) rings is 1. The standard InChI is InChI=1S/C8H6N2.C6H7NOS/c1-2-4-8-7(3-1)5-9-6-10-8;8-5-4-6-7(5)2-1-3-9-6/h1-6H;1-2,6H,3-4H2/t;6-/m.1/s1. The molecule has 19 heavy (non-hydrogen) atoms. The molecule has 1 saturated heterocycles. The Morgan fingerprint density at radius 2 is 2.21 bits per heavy atom. The summed E-state index contributed by atoms with van der Waals surface area (Å²) in [5.74, 6) is 1.33. The molecule has 5 heteroatoms. The highest BCUT2D eigenvalue weighted by molar-refractivity contribution is 8.00. The maximum Gasteiger partial charge on any atom is 0.230 e. The monoisotopic (exact) mass is 271 g/mol. The minimum absolute atomic E-state index is 0.267. The predicted molar refractivity (Wildman–Crippen MR) is 76.4 cm³/mol. The Bertz CT molecular complexity index is 563. The minimum Gasteiger partial charge on any atom is -0.306 e. The lowest BCUT2D eigenvalue weighted by molar-refractivity contribution is -0.137. The third-order valence-corrected chi connectivity index (χ3v) is 4.18. The lowest BCUT2D eigenvalue weighted by Gasteiger charge is -2.39. The van der Waals surface area contributed by atoms with Gasteiger partial charge in [0, 0.05) is 23.5 Å². The first-order valence-corrected chi connectivity index (χ1v) is 7.13. The molecule has 2 aromatic rings. The van der Waals surface area contributed by atoms with Crippen LogP contribution in [0.3, 0.4) is 0 Å². The number of hydrogen-bond donors (Lipinski definition) is 0. The normalized spacial score (nSPS) is 20.3. The van der Waals surface area contributed by atoms with Gasteiger partial charge in [0.2, 0.25) is 5.91 Å². The number of benzene rings is 1. The van der Waals surface area contributed by atoms with Gasteiger partial charge in [0.25, 0.3) is 0 Å². The SMILES string of the molecule is O=C1C[C@H]2SCC=CN12.c1ccc2ncncc2c1. The average Bonchev–Trinajstić information content (AvgIpc) is 2.47. The summed E-state index contributed by atoms with van der Waals surface area (Å²) >= 11 is 1.84. The van der Waals surface area contributed by atoms with Crippen LogP contribution in [0.25, 0.3) is 10.9 Å². The lowest BCUT2D eigenvalue weighted by Crippen LogP contribution is -2.48. The van der Waals surface area contributed by atoms with E-state index >= 15 is 0 Å². The van der Waals surface area contributed by atoms with Crippen molar-refractivity contribution in [2.75, 3.05) is 5.75 Å². The number of aromatic nitrogens is 2.